The van der Waals surface area contributed by atoms with Crippen molar-refractivity contribution >= 4 is 32.5 Å². The Hall–Kier alpha value is -3.33. The van der Waals surface area contributed by atoms with Gasteiger partial charge in [0.25, 0.3) is 0 Å². The number of phenolic OH excluding ortho intramolecular Hbond substituents is 1. The third kappa shape index (κ3) is 5.55. The summed E-state index contributed by atoms with van der Waals surface area (Å²) in [5.41, 5.74) is 10.3. The van der Waals surface area contributed by atoms with Gasteiger partial charge in [0.1, 0.15) is 5.75 Å². The van der Waals surface area contributed by atoms with Crippen molar-refractivity contribution in [3.8, 4) is 38.6 Å². The minimum absolute atomic E-state index is 0. The second-order valence-electron chi connectivity index (χ2n) is 12.9. The molecular weight excluding hydrogens is 716 g/mol. The zero-order valence-electron chi connectivity index (χ0n) is 25.1. The molecule has 2 heterocycles. The summed E-state index contributed by atoms with van der Waals surface area (Å²) in [6.45, 7) is 15.7. The Morgan fingerprint density at radius 1 is 0.714 bits per heavy atom. The number of fused-ring (bicyclic) bond motifs is 2. The third-order valence-corrected chi connectivity index (χ3v) is 8.85. The summed E-state index contributed by atoms with van der Waals surface area (Å²) in [6, 6.07) is 28.6. The SMILES string of the molecule is Cc1ccnc2c(-c3[c-]c(-c4nc5c(-c6ccccc6O)cccc5s4)cc(C(C)(C)C)c3)cc(C(C)(C)C)cc12.[Pt]. The summed E-state index contributed by atoms with van der Waals surface area (Å²) in [7, 11) is 0. The van der Waals surface area contributed by atoms with Crippen molar-refractivity contribution in [2.75, 3.05) is 0 Å². The van der Waals surface area contributed by atoms with Gasteiger partial charge in [-0.05, 0) is 52.5 Å². The molecule has 2 aromatic heterocycles. The number of aromatic nitrogens is 2. The van der Waals surface area contributed by atoms with Crippen LogP contribution in [0.1, 0.15) is 58.2 Å². The molecular formula is C37H35N2OPtS-. The molecule has 0 bridgehead atoms. The molecule has 0 amide bonds. The molecule has 0 spiro atoms. The maximum absolute atomic E-state index is 10.6. The summed E-state index contributed by atoms with van der Waals surface area (Å²) < 4.78 is 1.08. The number of thiazole rings is 1. The van der Waals surface area contributed by atoms with E-state index >= 15 is 0 Å². The molecule has 216 valence electrons. The molecule has 0 saturated heterocycles. The quantitative estimate of drug-likeness (QED) is 0.183. The van der Waals surface area contributed by atoms with Gasteiger partial charge in [-0.3, -0.25) is 9.97 Å². The van der Waals surface area contributed by atoms with Crippen LogP contribution < -0.4 is 0 Å². The van der Waals surface area contributed by atoms with Crippen LogP contribution >= 0.6 is 11.3 Å². The molecule has 0 fully saturated rings. The van der Waals surface area contributed by atoms with Crippen molar-refractivity contribution in [3.05, 3.63) is 102 Å². The molecule has 0 aliphatic carbocycles. The van der Waals surface area contributed by atoms with Crippen LogP contribution in [0.3, 0.4) is 0 Å². The van der Waals surface area contributed by atoms with Crippen molar-refractivity contribution in [3.63, 3.8) is 0 Å². The molecule has 1 N–H and O–H groups in total. The van der Waals surface area contributed by atoms with E-state index in [2.05, 4.69) is 90.9 Å². The normalized spacial score (nSPS) is 12.1. The molecule has 3 nitrogen and oxygen atoms in total. The van der Waals surface area contributed by atoms with Gasteiger partial charge in [-0.25, -0.2) is 0 Å². The van der Waals surface area contributed by atoms with Crippen LogP contribution in [0.2, 0.25) is 0 Å². The first-order valence-corrected chi connectivity index (χ1v) is 14.9. The summed E-state index contributed by atoms with van der Waals surface area (Å²) in [4.78, 5) is 10.0. The monoisotopic (exact) mass is 750 g/mol. The largest absolute Gasteiger partial charge is 0.507 e. The molecule has 0 unspecified atom stereocenters. The Bertz CT molecular complexity index is 1940. The van der Waals surface area contributed by atoms with Gasteiger partial charge in [-0.15, -0.1) is 29.3 Å². The van der Waals surface area contributed by atoms with Gasteiger partial charge in [0.05, 0.1) is 10.5 Å². The predicted octanol–water partition coefficient (Wildman–Crippen LogP) is 10.3. The summed E-state index contributed by atoms with van der Waals surface area (Å²) in [6.07, 6.45) is 1.90. The van der Waals surface area contributed by atoms with Gasteiger partial charge in [-0.1, -0.05) is 95.1 Å². The van der Waals surface area contributed by atoms with Crippen LogP contribution in [-0.4, -0.2) is 15.1 Å². The smallest absolute Gasteiger partial charge is 0.123 e. The zero-order valence-corrected chi connectivity index (χ0v) is 28.2. The molecule has 0 aliphatic rings. The minimum atomic E-state index is -0.0724. The van der Waals surface area contributed by atoms with Crippen LogP contribution in [0.5, 0.6) is 5.75 Å². The van der Waals surface area contributed by atoms with Gasteiger partial charge < -0.3 is 5.11 Å². The van der Waals surface area contributed by atoms with E-state index in [1.54, 1.807) is 17.4 Å². The minimum Gasteiger partial charge on any atom is -0.507 e. The molecule has 0 atom stereocenters. The number of rotatable bonds is 3. The Morgan fingerprint density at radius 2 is 1.38 bits per heavy atom. The maximum atomic E-state index is 10.6. The number of hydrogen-bond acceptors (Lipinski definition) is 4. The first kappa shape index (κ1) is 30.1. The molecule has 6 aromatic rings. The van der Waals surface area contributed by atoms with Crippen molar-refractivity contribution in [1.82, 2.24) is 9.97 Å². The molecule has 5 heteroatoms. The van der Waals surface area contributed by atoms with E-state index in [4.69, 9.17) is 9.97 Å². The Morgan fingerprint density at radius 3 is 2.10 bits per heavy atom. The number of phenols is 1. The van der Waals surface area contributed by atoms with Crippen LogP contribution in [0, 0.1) is 13.0 Å². The maximum Gasteiger partial charge on any atom is 0.123 e. The van der Waals surface area contributed by atoms with E-state index in [1.165, 1.54) is 22.1 Å². The van der Waals surface area contributed by atoms with Crippen LogP contribution in [0.15, 0.2) is 79.0 Å². The number of aromatic hydroxyl groups is 1. The Balaban J connectivity index is 0.00000353. The standard InChI is InChI=1S/C37H35N2OS.Pt/c1-22-15-16-38-33-29(22)20-26(37(5,6)7)21-30(33)23-17-24(19-25(18-23)36(2,3)4)35-39-34-28(12-10-14-32(34)41-35)27-11-8-9-13-31(27)40;/h8-16,18-21,40H,1-7H3;/q-1;. The number of hydrogen-bond donors (Lipinski definition) is 1. The van der Waals surface area contributed by atoms with Crippen molar-refractivity contribution < 1.29 is 26.2 Å². The fourth-order valence-corrected chi connectivity index (χ4v) is 6.24. The number of aryl methyl sites for hydroxylation is 1. The van der Waals surface area contributed by atoms with Crippen molar-refractivity contribution in [2.24, 2.45) is 0 Å². The van der Waals surface area contributed by atoms with E-state index in [0.717, 1.165) is 48.6 Å². The average molecular weight is 751 g/mol. The molecule has 4 aromatic carbocycles. The number of para-hydroxylation sites is 2. The zero-order chi connectivity index (χ0) is 29.1. The van der Waals surface area contributed by atoms with Crippen LogP contribution in [-0.2, 0) is 31.9 Å². The second kappa shape index (κ2) is 11.1. The molecule has 0 saturated carbocycles. The molecule has 42 heavy (non-hydrogen) atoms. The number of pyridine rings is 1. The first-order chi connectivity index (χ1) is 19.4. The Labute approximate surface area is 267 Å². The third-order valence-electron chi connectivity index (χ3n) is 7.80. The van der Waals surface area contributed by atoms with Crippen molar-refractivity contribution in [2.45, 2.75) is 59.3 Å². The molecule has 0 aliphatic heterocycles. The van der Waals surface area contributed by atoms with Crippen LogP contribution in [0.4, 0.5) is 0 Å². The Kier molecular flexibility index (Phi) is 7.94. The van der Waals surface area contributed by atoms with E-state index in [9.17, 15) is 5.11 Å². The van der Waals surface area contributed by atoms with Gasteiger partial charge in [0.2, 0.25) is 0 Å². The summed E-state index contributed by atoms with van der Waals surface area (Å²) in [5.74, 6) is 0.256. The summed E-state index contributed by atoms with van der Waals surface area (Å²) in [5, 5.41) is 12.7. The number of benzene rings is 4. The van der Waals surface area contributed by atoms with E-state index in [0.29, 0.717) is 0 Å². The fraction of sp³-hybridized carbons (Fsp3) is 0.243. The van der Waals surface area contributed by atoms with Gasteiger partial charge in [0, 0.05) is 48.6 Å². The van der Waals surface area contributed by atoms with Gasteiger partial charge >= 0.3 is 0 Å². The fourth-order valence-electron chi connectivity index (χ4n) is 5.27. The van der Waals surface area contributed by atoms with Gasteiger partial charge in [0.15, 0.2) is 0 Å². The molecule has 6 rings (SSSR count). The number of nitrogens with zero attached hydrogens (tertiary/aromatic N) is 2. The van der Waals surface area contributed by atoms with Gasteiger partial charge in [-0.2, -0.15) is 11.3 Å². The average Bonchev–Trinajstić information content (AvgIpc) is 3.37. The van der Waals surface area contributed by atoms with Crippen molar-refractivity contribution in [1.29, 1.82) is 0 Å². The predicted molar refractivity (Wildman–Crippen MR) is 174 cm³/mol. The second-order valence-corrected chi connectivity index (χ2v) is 14.0. The first-order valence-electron chi connectivity index (χ1n) is 14.1. The van der Waals surface area contributed by atoms with E-state index in [-0.39, 0.29) is 37.6 Å². The topological polar surface area (TPSA) is 46.0 Å². The summed E-state index contributed by atoms with van der Waals surface area (Å²) >= 11 is 1.66. The van der Waals surface area contributed by atoms with E-state index < -0.39 is 0 Å². The van der Waals surface area contributed by atoms with E-state index in [1.807, 2.05) is 36.5 Å². The molecule has 0 radical (unpaired) electrons. The van der Waals surface area contributed by atoms with Crippen LogP contribution in [0.25, 0.3) is 53.9 Å².